The fraction of sp³-hybridized carbons (Fsp3) is 0.739. The first-order chi connectivity index (χ1) is 15.1. The number of sulfonamides is 1. The van der Waals surface area contributed by atoms with E-state index >= 15 is 0 Å². The standard InChI is InChI=1S/C23H37F3N2O3S/c1-3-28(16-17-29)15-5-4-6-19-7-9-20(10-8-19)18-27(2)32(30,31)22-13-11-21(12-14-22)23(24,25)26/h11-14,19-20,29H,3-10,15-18H2,1-2H3. The quantitative estimate of drug-likeness (QED) is 0.446. The largest absolute Gasteiger partial charge is 0.416 e. The van der Waals surface area contributed by atoms with E-state index in [9.17, 15) is 21.6 Å². The molecule has 0 amide bonds. The highest BCUT2D eigenvalue weighted by atomic mass is 32.2. The summed E-state index contributed by atoms with van der Waals surface area (Å²) in [5.41, 5.74) is -0.853. The molecular formula is C23H37F3N2O3S. The van der Waals surface area contributed by atoms with Crippen LogP contribution in [0.4, 0.5) is 13.2 Å². The second-order valence-electron chi connectivity index (χ2n) is 8.85. The molecule has 0 radical (unpaired) electrons. The van der Waals surface area contributed by atoms with Crippen molar-refractivity contribution in [2.45, 2.75) is 62.9 Å². The summed E-state index contributed by atoms with van der Waals surface area (Å²) in [4.78, 5) is 2.15. The minimum Gasteiger partial charge on any atom is -0.395 e. The Morgan fingerprint density at radius 2 is 1.59 bits per heavy atom. The third-order valence-electron chi connectivity index (χ3n) is 6.57. The molecule has 0 aromatic heterocycles. The number of hydrogen-bond donors (Lipinski definition) is 1. The lowest BCUT2D eigenvalue weighted by atomic mass is 9.80. The van der Waals surface area contributed by atoms with Crippen LogP contribution in [0.3, 0.4) is 0 Å². The number of hydrogen-bond acceptors (Lipinski definition) is 4. The summed E-state index contributed by atoms with van der Waals surface area (Å²) >= 11 is 0. The summed E-state index contributed by atoms with van der Waals surface area (Å²) in [5.74, 6) is 0.955. The van der Waals surface area contributed by atoms with Gasteiger partial charge in [-0.2, -0.15) is 13.2 Å². The number of nitrogens with zero attached hydrogens (tertiary/aromatic N) is 2. The molecule has 184 valence electrons. The van der Waals surface area contributed by atoms with Gasteiger partial charge in [0.25, 0.3) is 0 Å². The van der Waals surface area contributed by atoms with E-state index in [-0.39, 0.29) is 17.4 Å². The van der Waals surface area contributed by atoms with Crippen LogP contribution in [0.25, 0.3) is 0 Å². The van der Waals surface area contributed by atoms with Crippen molar-refractivity contribution in [3.05, 3.63) is 29.8 Å². The molecule has 0 bridgehead atoms. The molecule has 0 unspecified atom stereocenters. The first-order valence-electron chi connectivity index (χ1n) is 11.5. The predicted octanol–water partition coefficient (Wildman–Crippen LogP) is 4.62. The molecule has 0 atom stereocenters. The van der Waals surface area contributed by atoms with Crippen molar-refractivity contribution in [2.24, 2.45) is 11.8 Å². The zero-order chi connectivity index (χ0) is 23.8. The molecule has 1 aromatic carbocycles. The lowest BCUT2D eigenvalue weighted by Gasteiger charge is -2.31. The lowest BCUT2D eigenvalue weighted by Crippen LogP contribution is -2.33. The Kier molecular flexibility index (Phi) is 10.4. The number of aliphatic hydroxyl groups is 1. The average Bonchev–Trinajstić information content (AvgIpc) is 2.76. The van der Waals surface area contributed by atoms with Gasteiger partial charge < -0.3 is 10.0 Å². The van der Waals surface area contributed by atoms with Gasteiger partial charge in [0.2, 0.25) is 10.0 Å². The van der Waals surface area contributed by atoms with Gasteiger partial charge in [0.05, 0.1) is 17.1 Å². The Morgan fingerprint density at radius 1 is 1.00 bits per heavy atom. The molecule has 1 N–H and O–H groups in total. The third-order valence-corrected chi connectivity index (χ3v) is 8.41. The molecule has 9 heteroatoms. The average molecular weight is 479 g/mol. The van der Waals surface area contributed by atoms with Crippen LogP contribution in [0.1, 0.15) is 57.4 Å². The molecule has 1 aliphatic rings. The van der Waals surface area contributed by atoms with Gasteiger partial charge in [0.15, 0.2) is 0 Å². The summed E-state index contributed by atoms with van der Waals surface area (Å²) in [6, 6.07) is 3.70. The molecule has 0 aliphatic heterocycles. The fourth-order valence-corrected chi connectivity index (χ4v) is 5.75. The van der Waals surface area contributed by atoms with Crippen LogP contribution in [-0.4, -0.2) is 62.6 Å². The molecular weight excluding hydrogens is 441 g/mol. The van der Waals surface area contributed by atoms with Gasteiger partial charge in [-0.05, 0) is 68.5 Å². The van der Waals surface area contributed by atoms with Gasteiger partial charge in [-0.25, -0.2) is 12.7 Å². The molecule has 0 heterocycles. The summed E-state index contributed by atoms with van der Waals surface area (Å²) in [5, 5.41) is 9.05. The van der Waals surface area contributed by atoms with Crippen LogP contribution in [-0.2, 0) is 16.2 Å². The number of likely N-dealkylation sites (N-methyl/N-ethyl adjacent to an activating group) is 1. The maximum Gasteiger partial charge on any atom is 0.416 e. The summed E-state index contributed by atoms with van der Waals surface area (Å²) in [6.07, 6.45) is 3.12. The highest BCUT2D eigenvalue weighted by Gasteiger charge is 2.32. The first-order valence-corrected chi connectivity index (χ1v) is 13.0. The van der Waals surface area contributed by atoms with E-state index in [1.165, 1.54) is 24.2 Å². The molecule has 1 aliphatic carbocycles. The fourth-order valence-electron chi connectivity index (χ4n) is 4.50. The highest BCUT2D eigenvalue weighted by molar-refractivity contribution is 7.89. The zero-order valence-corrected chi connectivity index (χ0v) is 20.0. The van der Waals surface area contributed by atoms with E-state index < -0.39 is 21.8 Å². The van der Waals surface area contributed by atoms with E-state index in [2.05, 4.69) is 11.8 Å². The van der Waals surface area contributed by atoms with Crippen molar-refractivity contribution in [3.8, 4) is 0 Å². The number of unbranched alkanes of at least 4 members (excludes halogenated alkanes) is 1. The monoisotopic (exact) mass is 478 g/mol. The Balaban J connectivity index is 1.76. The predicted molar refractivity (Wildman–Crippen MR) is 120 cm³/mol. The molecule has 1 aromatic rings. The van der Waals surface area contributed by atoms with Gasteiger partial charge >= 0.3 is 6.18 Å². The molecule has 1 saturated carbocycles. The summed E-state index contributed by atoms with van der Waals surface area (Å²) in [7, 11) is -2.30. The van der Waals surface area contributed by atoms with E-state index in [4.69, 9.17) is 5.11 Å². The van der Waals surface area contributed by atoms with Crippen molar-refractivity contribution < 1.29 is 26.7 Å². The second-order valence-corrected chi connectivity index (χ2v) is 10.9. The second kappa shape index (κ2) is 12.3. The van der Waals surface area contributed by atoms with E-state index in [1.807, 2.05) is 0 Å². The summed E-state index contributed by atoms with van der Waals surface area (Å²) in [6.45, 7) is 5.38. The Labute approximate surface area is 190 Å². The molecule has 0 saturated heterocycles. The van der Waals surface area contributed by atoms with Crippen molar-refractivity contribution in [2.75, 3.05) is 39.8 Å². The Bertz CT molecular complexity index is 777. The minimum absolute atomic E-state index is 0.107. The number of rotatable bonds is 12. The minimum atomic E-state index is -4.48. The van der Waals surface area contributed by atoms with Crippen molar-refractivity contribution in [1.29, 1.82) is 0 Å². The van der Waals surface area contributed by atoms with Crippen LogP contribution in [0, 0.1) is 11.8 Å². The molecule has 0 spiro atoms. The van der Waals surface area contributed by atoms with Gasteiger partial charge in [-0.3, -0.25) is 0 Å². The third kappa shape index (κ3) is 8.01. The number of halogens is 3. The Morgan fingerprint density at radius 3 is 2.12 bits per heavy atom. The normalized spacial score (nSPS) is 20.2. The number of aliphatic hydroxyl groups excluding tert-OH is 1. The molecule has 5 nitrogen and oxygen atoms in total. The van der Waals surface area contributed by atoms with E-state index in [0.29, 0.717) is 12.5 Å². The van der Waals surface area contributed by atoms with Crippen LogP contribution in [0.5, 0.6) is 0 Å². The number of benzene rings is 1. The highest BCUT2D eigenvalue weighted by Crippen LogP contribution is 2.33. The van der Waals surface area contributed by atoms with E-state index in [1.54, 1.807) is 0 Å². The Hall–Kier alpha value is -1.16. The smallest absolute Gasteiger partial charge is 0.395 e. The molecule has 1 fully saturated rings. The summed E-state index contributed by atoms with van der Waals surface area (Å²) < 4.78 is 65.0. The molecule has 32 heavy (non-hydrogen) atoms. The van der Waals surface area contributed by atoms with E-state index in [0.717, 1.165) is 76.0 Å². The van der Waals surface area contributed by atoms with Crippen LogP contribution in [0.15, 0.2) is 29.2 Å². The van der Waals surface area contributed by atoms with Crippen LogP contribution in [0.2, 0.25) is 0 Å². The maximum atomic E-state index is 12.8. The van der Waals surface area contributed by atoms with Gasteiger partial charge in [-0.15, -0.1) is 0 Å². The van der Waals surface area contributed by atoms with Crippen molar-refractivity contribution in [3.63, 3.8) is 0 Å². The van der Waals surface area contributed by atoms with Gasteiger partial charge in [0.1, 0.15) is 0 Å². The number of alkyl halides is 3. The van der Waals surface area contributed by atoms with Crippen molar-refractivity contribution in [1.82, 2.24) is 9.21 Å². The SMILES string of the molecule is CCN(CCO)CCCCC1CCC(CN(C)S(=O)(=O)c2ccc(C(F)(F)F)cc2)CC1. The van der Waals surface area contributed by atoms with Crippen molar-refractivity contribution >= 4 is 10.0 Å². The van der Waals surface area contributed by atoms with Crippen LogP contribution >= 0.6 is 0 Å². The van der Waals surface area contributed by atoms with Gasteiger partial charge in [-0.1, -0.05) is 32.6 Å². The topological polar surface area (TPSA) is 60.9 Å². The maximum absolute atomic E-state index is 12.8. The van der Waals surface area contributed by atoms with Gasteiger partial charge in [0, 0.05) is 20.1 Å². The first kappa shape index (κ1) is 27.1. The molecule has 2 rings (SSSR count). The zero-order valence-electron chi connectivity index (χ0n) is 19.1. The van der Waals surface area contributed by atoms with Crippen LogP contribution < -0.4 is 0 Å². The lowest BCUT2D eigenvalue weighted by molar-refractivity contribution is -0.137.